The number of carbonyl (C=O) groups is 2. The normalized spacial score (nSPS) is 15.8. The van der Waals surface area contributed by atoms with Crippen molar-refractivity contribution >= 4 is 50.2 Å². The molecule has 1 unspecified atom stereocenters. The third-order valence-corrected chi connectivity index (χ3v) is 6.77. The van der Waals surface area contributed by atoms with E-state index in [0.717, 1.165) is 32.7 Å². The van der Waals surface area contributed by atoms with Crippen molar-refractivity contribution in [2.45, 2.75) is 25.8 Å². The smallest absolute Gasteiger partial charge is 0.246 e. The summed E-state index contributed by atoms with van der Waals surface area (Å²) >= 11 is 3.49. The first-order valence-electron chi connectivity index (χ1n) is 11.4. The lowest BCUT2D eigenvalue weighted by Gasteiger charge is -2.23. The van der Waals surface area contributed by atoms with Crippen LogP contribution in [0.15, 0.2) is 83.3 Å². The fraction of sp³-hybridized carbons (Fsp3) is 0.222. The highest BCUT2D eigenvalue weighted by atomic mass is 79.9. The summed E-state index contributed by atoms with van der Waals surface area (Å²) in [5.41, 5.74) is 3.48. The second-order valence-corrected chi connectivity index (χ2v) is 9.32. The van der Waals surface area contributed by atoms with E-state index in [4.69, 9.17) is 4.98 Å². The Morgan fingerprint density at radius 3 is 2.59 bits per heavy atom. The van der Waals surface area contributed by atoms with E-state index in [1.165, 1.54) is 0 Å². The molecule has 0 spiro atoms. The Bertz CT molecular complexity index is 1350. The van der Waals surface area contributed by atoms with Crippen molar-refractivity contribution in [1.29, 1.82) is 0 Å². The van der Waals surface area contributed by atoms with Gasteiger partial charge in [0.2, 0.25) is 11.8 Å². The Hall–Kier alpha value is -3.45. The third kappa shape index (κ3) is 4.23. The van der Waals surface area contributed by atoms with Gasteiger partial charge in [-0.2, -0.15) is 0 Å². The van der Waals surface area contributed by atoms with Crippen LogP contribution in [-0.4, -0.2) is 34.5 Å². The molecule has 2 heterocycles. The number of nitrogens with zero attached hydrogens (tertiary/aromatic N) is 4. The zero-order valence-electron chi connectivity index (χ0n) is 18.9. The number of anilines is 2. The molecule has 0 radical (unpaired) electrons. The molecule has 34 heavy (non-hydrogen) atoms. The molecule has 1 aliphatic heterocycles. The van der Waals surface area contributed by atoms with E-state index < -0.39 is 0 Å². The number of carbonyl (C=O) groups excluding carboxylic acids is 2. The van der Waals surface area contributed by atoms with Gasteiger partial charge in [-0.15, -0.1) is 0 Å². The predicted octanol–water partition coefficient (Wildman–Crippen LogP) is 5.37. The Labute approximate surface area is 206 Å². The molecule has 4 aromatic rings. The van der Waals surface area contributed by atoms with Gasteiger partial charge >= 0.3 is 0 Å². The molecule has 5 rings (SSSR count). The molecule has 172 valence electrons. The Morgan fingerprint density at radius 2 is 1.82 bits per heavy atom. The van der Waals surface area contributed by atoms with Gasteiger partial charge in [0.15, 0.2) is 0 Å². The molecule has 1 aromatic heterocycles. The van der Waals surface area contributed by atoms with Crippen molar-refractivity contribution in [2.75, 3.05) is 22.9 Å². The zero-order valence-corrected chi connectivity index (χ0v) is 20.5. The van der Waals surface area contributed by atoms with Gasteiger partial charge in [-0.1, -0.05) is 52.3 Å². The van der Waals surface area contributed by atoms with E-state index in [1.807, 2.05) is 95.3 Å². The number of fused-ring (bicyclic) bond motifs is 1. The number of hydrogen-bond donors (Lipinski definition) is 0. The number of aromatic nitrogens is 2. The summed E-state index contributed by atoms with van der Waals surface area (Å²) in [7, 11) is 0. The summed E-state index contributed by atoms with van der Waals surface area (Å²) < 4.78 is 2.92. The minimum atomic E-state index is -0.0986. The number of imidazole rings is 1. The fourth-order valence-corrected chi connectivity index (χ4v) is 5.06. The molecule has 0 aliphatic carbocycles. The van der Waals surface area contributed by atoms with Gasteiger partial charge < -0.3 is 14.4 Å². The average molecular weight is 517 g/mol. The van der Waals surface area contributed by atoms with Crippen molar-refractivity contribution in [3.63, 3.8) is 0 Å². The summed E-state index contributed by atoms with van der Waals surface area (Å²) in [4.78, 5) is 34.9. The second-order valence-electron chi connectivity index (χ2n) is 8.40. The van der Waals surface area contributed by atoms with Crippen LogP contribution in [0.4, 0.5) is 11.4 Å². The largest absolute Gasteiger partial charge is 0.318 e. The van der Waals surface area contributed by atoms with Crippen molar-refractivity contribution in [2.24, 2.45) is 0 Å². The number of benzene rings is 3. The van der Waals surface area contributed by atoms with Crippen LogP contribution in [0.25, 0.3) is 11.0 Å². The van der Waals surface area contributed by atoms with Crippen molar-refractivity contribution in [3.8, 4) is 0 Å². The maximum absolute atomic E-state index is 13.4. The molecule has 6 nitrogen and oxygen atoms in total. The summed E-state index contributed by atoms with van der Waals surface area (Å²) in [5, 5.41) is 0. The third-order valence-electron chi connectivity index (χ3n) is 6.27. The monoisotopic (exact) mass is 516 g/mol. The molecule has 0 saturated carbocycles. The molecular weight excluding hydrogens is 492 g/mol. The van der Waals surface area contributed by atoms with Gasteiger partial charge in [-0.05, 0) is 49.4 Å². The number of amides is 2. The minimum absolute atomic E-state index is 0.00808. The van der Waals surface area contributed by atoms with Crippen LogP contribution in [0.3, 0.4) is 0 Å². The molecular formula is C27H25BrN4O2. The Kier molecular flexibility index (Phi) is 6.20. The van der Waals surface area contributed by atoms with Crippen molar-refractivity contribution in [3.05, 3.63) is 89.2 Å². The van der Waals surface area contributed by atoms with E-state index in [0.29, 0.717) is 19.5 Å². The van der Waals surface area contributed by atoms with Crippen LogP contribution >= 0.6 is 15.9 Å². The maximum Gasteiger partial charge on any atom is 0.246 e. The van der Waals surface area contributed by atoms with E-state index >= 15 is 0 Å². The maximum atomic E-state index is 13.4. The van der Waals surface area contributed by atoms with Gasteiger partial charge in [0.25, 0.3) is 0 Å². The lowest BCUT2D eigenvalue weighted by molar-refractivity contribution is -0.119. The van der Waals surface area contributed by atoms with Gasteiger partial charge in [0, 0.05) is 41.3 Å². The van der Waals surface area contributed by atoms with E-state index in [2.05, 4.69) is 15.9 Å². The highest BCUT2D eigenvalue weighted by Gasteiger charge is 2.35. The SMILES string of the molecule is CCN(C(=O)Cn1c(C2CC(=O)N(c3cccc(Br)c3)C2)nc2ccccc21)c1ccccc1. The first-order chi connectivity index (χ1) is 16.5. The summed E-state index contributed by atoms with van der Waals surface area (Å²) in [6.07, 6.45) is 0.361. The molecule has 1 atom stereocenters. The summed E-state index contributed by atoms with van der Waals surface area (Å²) in [6, 6.07) is 25.3. The standard InChI is InChI=1S/C27H25BrN4O2/c1-2-30(21-10-4-3-5-11-21)26(34)18-32-24-14-7-6-13-23(24)29-27(32)19-15-25(33)31(17-19)22-12-8-9-20(28)16-22/h3-14,16,19H,2,15,17-18H2,1H3. The molecule has 7 heteroatoms. The quantitative estimate of drug-likeness (QED) is 0.346. The molecule has 0 N–H and O–H groups in total. The molecule has 3 aromatic carbocycles. The summed E-state index contributed by atoms with van der Waals surface area (Å²) in [5.74, 6) is 0.738. The topological polar surface area (TPSA) is 58.4 Å². The summed E-state index contributed by atoms with van der Waals surface area (Å²) in [6.45, 7) is 3.25. The number of halogens is 1. The van der Waals surface area contributed by atoms with E-state index in [9.17, 15) is 9.59 Å². The van der Waals surface area contributed by atoms with Crippen LogP contribution < -0.4 is 9.80 Å². The Morgan fingerprint density at radius 1 is 1.06 bits per heavy atom. The predicted molar refractivity (Wildman–Crippen MR) is 138 cm³/mol. The van der Waals surface area contributed by atoms with Gasteiger partial charge in [-0.25, -0.2) is 4.98 Å². The first-order valence-corrected chi connectivity index (χ1v) is 12.2. The number of hydrogen-bond acceptors (Lipinski definition) is 3. The van der Waals surface area contributed by atoms with Crippen LogP contribution in [0, 0.1) is 0 Å². The van der Waals surface area contributed by atoms with Gasteiger partial charge in [0.05, 0.1) is 11.0 Å². The molecule has 1 fully saturated rings. The van der Waals surface area contributed by atoms with Gasteiger partial charge in [0.1, 0.15) is 12.4 Å². The Balaban J connectivity index is 1.48. The van der Waals surface area contributed by atoms with Crippen LogP contribution in [0.2, 0.25) is 0 Å². The van der Waals surface area contributed by atoms with Crippen molar-refractivity contribution < 1.29 is 9.59 Å². The van der Waals surface area contributed by atoms with Crippen molar-refractivity contribution in [1.82, 2.24) is 9.55 Å². The molecule has 1 saturated heterocycles. The van der Waals surface area contributed by atoms with Crippen LogP contribution in [-0.2, 0) is 16.1 Å². The highest BCUT2D eigenvalue weighted by molar-refractivity contribution is 9.10. The second kappa shape index (κ2) is 9.43. The molecule has 2 amide bonds. The van der Waals surface area contributed by atoms with Crippen LogP contribution in [0.1, 0.15) is 25.1 Å². The lowest BCUT2D eigenvalue weighted by atomic mass is 10.1. The van der Waals surface area contributed by atoms with E-state index in [1.54, 1.807) is 4.90 Å². The number of rotatable bonds is 6. The van der Waals surface area contributed by atoms with Gasteiger partial charge in [-0.3, -0.25) is 9.59 Å². The number of para-hydroxylation sites is 3. The van der Waals surface area contributed by atoms with E-state index in [-0.39, 0.29) is 24.3 Å². The molecule has 0 bridgehead atoms. The zero-order chi connectivity index (χ0) is 23.7. The lowest BCUT2D eigenvalue weighted by Crippen LogP contribution is -2.34. The first kappa shape index (κ1) is 22.3. The molecule has 1 aliphatic rings. The highest BCUT2D eigenvalue weighted by Crippen LogP contribution is 2.34. The van der Waals surface area contributed by atoms with Crippen LogP contribution in [0.5, 0.6) is 0 Å². The fourth-order valence-electron chi connectivity index (χ4n) is 4.68. The average Bonchev–Trinajstić information content (AvgIpc) is 3.41. The minimum Gasteiger partial charge on any atom is -0.318 e. The number of likely N-dealkylation sites (N-methyl/N-ethyl adjacent to an activating group) is 1.